The molecule has 0 aliphatic carbocycles. The highest BCUT2D eigenvalue weighted by Crippen LogP contribution is 2.24. The number of halogens is 2. The van der Waals surface area contributed by atoms with Crippen molar-refractivity contribution < 1.29 is 18.0 Å². The van der Waals surface area contributed by atoms with Crippen LogP contribution in [0.1, 0.15) is 31.4 Å². The van der Waals surface area contributed by atoms with Crippen molar-refractivity contribution in [3.63, 3.8) is 0 Å². The van der Waals surface area contributed by atoms with Gasteiger partial charge in [0.2, 0.25) is 21.8 Å². The zero-order valence-corrected chi connectivity index (χ0v) is 21.5. The summed E-state index contributed by atoms with van der Waals surface area (Å²) in [7, 11) is -3.76. The van der Waals surface area contributed by atoms with Gasteiger partial charge in [0.05, 0.1) is 22.0 Å². The SMILES string of the molecule is CCCNC(=O)[C@@H](C)N(Cc1ccc(Cl)c(Cl)c1)C(=O)CN(c1cccc(C)c1)S(C)(=O)=O. The van der Waals surface area contributed by atoms with Gasteiger partial charge in [0.25, 0.3) is 0 Å². The lowest BCUT2D eigenvalue weighted by Gasteiger charge is -2.31. The van der Waals surface area contributed by atoms with Gasteiger partial charge >= 0.3 is 0 Å². The van der Waals surface area contributed by atoms with Crippen LogP contribution in [0.4, 0.5) is 5.69 Å². The van der Waals surface area contributed by atoms with E-state index in [9.17, 15) is 18.0 Å². The normalized spacial score (nSPS) is 12.2. The van der Waals surface area contributed by atoms with E-state index in [1.165, 1.54) is 4.90 Å². The number of aryl methyl sites for hydroxylation is 1. The first kappa shape index (κ1) is 27.0. The van der Waals surface area contributed by atoms with E-state index >= 15 is 0 Å². The number of anilines is 1. The summed E-state index contributed by atoms with van der Waals surface area (Å²) in [6.45, 7) is 5.45. The molecule has 2 amide bonds. The van der Waals surface area contributed by atoms with Gasteiger partial charge in [-0.25, -0.2) is 8.42 Å². The van der Waals surface area contributed by atoms with Crippen molar-refractivity contribution in [3.8, 4) is 0 Å². The molecule has 0 saturated carbocycles. The van der Waals surface area contributed by atoms with E-state index in [0.29, 0.717) is 27.8 Å². The van der Waals surface area contributed by atoms with Crippen molar-refractivity contribution in [2.75, 3.05) is 23.7 Å². The number of carbonyl (C=O) groups excluding carboxylic acids is 2. The van der Waals surface area contributed by atoms with Crippen LogP contribution < -0.4 is 9.62 Å². The summed E-state index contributed by atoms with van der Waals surface area (Å²) < 4.78 is 26.1. The van der Waals surface area contributed by atoms with Crippen LogP contribution in [-0.2, 0) is 26.2 Å². The first-order chi connectivity index (χ1) is 15.4. The zero-order chi connectivity index (χ0) is 24.8. The van der Waals surface area contributed by atoms with E-state index in [-0.39, 0.29) is 12.5 Å². The highest BCUT2D eigenvalue weighted by molar-refractivity contribution is 7.92. The fraction of sp³-hybridized carbons (Fsp3) is 0.391. The van der Waals surface area contributed by atoms with E-state index in [0.717, 1.165) is 22.5 Å². The molecule has 0 aromatic heterocycles. The lowest BCUT2D eigenvalue weighted by atomic mass is 10.1. The van der Waals surface area contributed by atoms with Crippen LogP contribution >= 0.6 is 23.2 Å². The molecule has 0 spiro atoms. The minimum Gasteiger partial charge on any atom is -0.354 e. The van der Waals surface area contributed by atoms with Gasteiger partial charge in [-0.1, -0.05) is 48.3 Å². The van der Waals surface area contributed by atoms with Gasteiger partial charge in [-0.05, 0) is 55.7 Å². The second-order valence-electron chi connectivity index (χ2n) is 7.85. The van der Waals surface area contributed by atoms with E-state index in [1.807, 2.05) is 19.9 Å². The number of rotatable bonds is 10. The molecule has 0 bridgehead atoms. The van der Waals surface area contributed by atoms with Crippen LogP contribution in [0.2, 0.25) is 10.0 Å². The molecule has 0 aliphatic rings. The number of carbonyl (C=O) groups is 2. The van der Waals surface area contributed by atoms with Crippen LogP contribution in [-0.4, -0.2) is 50.5 Å². The first-order valence-electron chi connectivity index (χ1n) is 10.5. The molecule has 2 aromatic carbocycles. The third-order valence-electron chi connectivity index (χ3n) is 5.02. The molecule has 2 aromatic rings. The van der Waals surface area contributed by atoms with Crippen molar-refractivity contribution in [2.45, 2.75) is 39.8 Å². The molecule has 0 unspecified atom stereocenters. The van der Waals surface area contributed by atoms with Crippen molar-refractivity contribution in [3.05, 3.63) is 63.6 Å². The molecule has 10 heteroatoms. The maximum atomic E-state index is 13.4. The molecular weight excluding hydrogens is 485 g/mol. The minimum atomic E-state index is -3.76. The topological polar surface area (TPSA) is 86.8 Å². The highest BCUT2D eigenvalue weighted by Gasteiger charge is 2.30. The molecule has 0 fully saturated rings. The van der Waals surface area contributed by atoms with Crippen molar-refractivity contribution >= 4 is 50.7 Å². The molecule has 0 saturated heterocycles. The van der Waals surface area contributed by atoms with Gasteiger partial charge in [0.1, 0.15) is 12.6 Å². The Balaban J connectivity index is 2.39. The van der Waals surface area contributed by atoms with Gasteiger partial charge < -0.3 is 10.2 Å². The van der Waals surface area contributed by atoms with Crippen LogP contribution in [0.3, 0.4) is 0 Å². The Morgan fingerprint density at radius 3 is 2.36 bits per heavy atom. The van der Waals surface area contributed by atoms with Gasteiger partial charge in [0, 0.05) is 13.1 Å². The Labute approximate surface area is 205 Å². The second-order valence-corrected chi connectivity index (χ2v) is 10.6. The number of sulfonamides is 1. The van der Waals surface area contributed by atoms with Crippen LogP contribution in [0.15, 0.2) is 42.5 Å². The molecule has 1 N–H and O–H groups in total. The monoisotopic (exact) mass is 513 g/mol. The lowest BCUT2D eigenvalue weighted by molar-refractivity contribution is -0.139. The van der Waals surface area contributed by atoms with Crippen LogP contribution in [0, 0.1) is 6.92 Å². The van der Waals surface area contributed by atoms with E-state index < -0.39 is 28.5 Å². The number of nitrogens with zero attached hydrogens (tertiary/aromatic N) is 2. The molecule has 0 aliphatic heterocycles. The summed E-state index contributed by atoms with van der Waals surface area (Å²) in [5.41, 5.74) is 1.89. The average Bonchev–Trinajstić information content (AvgIpc) is 2.75. The van der Waals surface area contributed by atoms with E-state index in [4.69, 9.17) is 23.2 Å². The molecule has 180 valence electrons. The summed E-state index contributed by atoms with van der Waals surface area (Å²) in [4.78, 5) is 27.4. The third-order valence-corrected chi connectivity index (χ3v) is 6.90. The molecular formula is C23H29Cl2N3O4S. The fourth-order valence-corrected chi connectivity index (χ4v) is 4.37. The summed E-state index contributed by atoms with van der Waals surface area (Å²) in [5.74, 6) is -0.848. The largest absolute Gasteiger partial charge is 0.354 e. The number of hydrogen-bond acceptors (Lipinski definition) is 4. The number of hydrogen-bond donors (Lipinski definition) is 1. The Morgan fingerprint density at radius 2 is 1.79 bits per heavy atom. The van der Waals surface area contributed by atoms with Crippen molar-refractivity contribution in [1.29, 1.82) is 0 Å². The Kier molecular flexibility index (Phi) is 9.57. The summed E-state index contributed by atoms with van der Waals surface area (Å²) in [5, 5.41) is 3.48. The zero-order valence-electron chi connectivity index (χ0n) is 19.1. The number of nitrogens with one attached hydrogen (secondary N) is 1. The minimum absolute atomic E-state index is 0.0574. The van der Waals surface area contributed by atoms with Crippen LogP contribution in [0.5, 0.6) is 0 Å². The fourth-order valence-electron chi connectivity index (χ4n) is 3.21. The maximum absolute atomic E-state index is 13.4. The maximum Gasteiger partial charge on any atom is 0.244 e. The van der Waals surface area contributed by atoms with Gasteiger partial charge in [0.15, 0.2) is 0 Å². The van der Waals surface area contributed by atoms with Crippen LogP contribution in [0.25, 0.3) is 0 Å². The van der Waals surface area contributed by atoms with E-state index in [2.05, 4.69) is 5.32 Å². The average molecular weight is 514 g/mol. The molecule has 2 rings (SSSR count). The summed E-state index contributed by atoms with van der Waals surface area (Å²) >= 11 is 12.1. The Morgan fingerprint density at radius 1 is 1.09 bits per heavy atom. The quantitative estimate of drug-likeness (QED) is 0.519. The van der Waals surface area contributed by atoms with Gasteiger partial charge in [-0.3, -0.25) is 13.9 Å². The van der Waals surface area contributed by atoms with E-state index in [1.54, 1.807) is 43.3 Å². The first-order valence-corrected chi connectivity index (χ1v) is 13.1. The Hall–Kier alpha value is -2.29. The highest BCUT2D eigenvalue weighted by atomic mass is 35.5. The lowest BCUT2D eigenvalue weighted by Crippen LogP contribution is -2.51. The third kappa shape index (κ3) is 7.62. The van der Waals surface area contributed by atoms with Crippen molar-refractivity contribution in [1.82, 2.24) is 10.2 Å². The predicted molar refractivity (Wildman–Crippen MR) is 133 cm³/mol. The van der Waals surface area contributed by atoms with Crippen molar-refractivity contribution in [2.24, 2.45) is 0 Å². The molecule has 7 nitrogen and oxygen atoms in total. The smallest absolute Gasteiger partial charge is 0.244 e. The molecule has 1 atom stereocenters. The van der Waals surface area contributed by atoms with Gasteiger partial charge in [-0.2, -0.15) is 0 Å². The Bertz CT molecular complexity index is 1110. The standard InChI is InChI=1S/C23H29Cl2N3O4S/c1-5-11-26-23(30)17(3)27(14-18-9-10-20(24)21(25)13-18)22(29)15-28(33(4,31)32)19-8-6-7-16(2)12-19/h6-10,12-13,17H,5,11,14-15H2,1-4H3,(H,26,30)/t17-/m1/s1. The molecule has 33 heavy (non-hydrogen) atoms. The molecule has 0 radical (unpaired) electrons. The predicted octanol–water partition coefficient (Wildman–Crippen LogP) is 4.01. The second kappa shape index (κ2) is 11.7. The number of amides is 2. The summed E-state index contributed by atoms with van der Waals surface area (Å²) in [6.07, 6.45) is 1.79. The number of benzene rings is 2. The summed E-state index contributed by atoms with van der Waals surface area (Å²) in [6, 6.07) is 11.0. The molecule has 0 heterocycles. The van der Waals surface area contributed by atoms with Gasteiger partial charge in [-0.15, -0.1) is 0 Å².